The average molecular weight is 293 g/mol. The summed E-state index contributed by atoms with van der Waals surface area (Å²) in [7, 11) is 0. The second-order valence-corrected chi connectivity index (χ2v) is 5.57. The van der Waals surface area contributed by atoms with E-state index in [4.69, 9.17) is 11.6 Å². The van der Waals surface area contributed by atoms with Gasteiger partial charge in [0, 0.05) is 12.8 Å². The number of rotatable bonds is 5. The van der Waals surface area contributed by atoms with Crippen LogP contribution >= 0.6 is 11.6 Å². The highest BCUT2D eigenvalue weighted by atomic mass is 35.5. The monoisotopic (exact) mass is 292 g/mol. The number of halogens is 2. The highest BCUT2D eigenvalue weighted by molar-refractivity contribution is 6.30. The van der Waals surface area contributed by atoms with Gasteiger partial charge in [0.05, 0.1) is 10.6 Å². The molecule has 1 atom stereocenters. The third-order valence-electron chi connectivity index (χ3n) is 3.55. The van der Waals surface area contributed by atoms with Crippen LogP contribution in [0.2, 0.25) is 5.02 Å². The van der Waals surface area contributed by atoms with E-state index in [2.05, 4.69) is 0 Å². The van der Waals surface area contributed by atoms with Gasteiger partial charge in [-0.1, -0.05) is 54.9 Å². The topological polar surface area (TPSA) is 20.2 Å². The van der Waals surface area contributed by atoms with Crippen molar-refractivity contribution in [2.75, 3.05) is 0 Å². The van der Waals surface area contributed by atoms with Crippen molar-refractivity contribution in [3.63, 3.8) is 0 Å². The van der Waals surface area contributed by atoms with Crippen LogP contribution in [-0.2, 0) is 12.8 Å². The number of benzene rings is 2. The van der Waals surface area contributed by atoms with Gasteiger partial charge in [-0.15, -0.1) is 0 Å². The van der Waals surface area contributed by atoms with Crippen LogP contribution in [0.5, 0.6) is 0 Å². The molecule has 0 bridgehead atoms. The molecule has 0 radical (unpaired) electrons. The fraction of sp³-hybridized carbons (Fsp3) is 0.294. The van der Waals surface area contributed by atoms with E-state index >= 15 is 0 Å². The second-order valence-electron chi connectivity index (χ2n) is 5.17. The molecule has 1 nitrogen and oxygen atoms in total. The Morgan fingerprint density at radius 2 is 1.70 bits per heavy atom. The zero-order valence-corrected chi connectivity index (χ0v) is 12.2. The van der Waals surface area contributed by atoms with Crippen molar-refractivity contribution >= 4 is 11.6 Å². The van der Waals surface area contributed by atoms with Crippen LogP contribution in [0.3, 0.4) is 0 Å². The molecule has 3 heteroatoms. The van der Waals surface area contributed by atoms with Crippen molar-refractivity contribution in [2.24, 2.45) is 0 Å². The third-order valence-corrected chi connectivity index (χ3v) is 3.84. The van der Waals surface area contributed by atoms with Crippen LogP contribution in [0.25, 0.3) is 0 Å². The molecule has 0 saturated heterocycles. The molecule has 0 fully saturated rings. The molecule has 2 aromatic rings. The summed E-state index contributed by atoms with van der Waals surface area (Å²) in [5.41, 5.74) is 1.09. The molecule has 2 rings (SSSR count). The molecule has 0 heterocycles. The molecule has 106 valence electrons. The Bertz CT molecular complexity index is 570. The lowest BCUT2D eigenvalue weighted by molar-refractivity contribution is 0.0368. The van der Waals surface area contributed by atoms with Gasteiger partial charge < -0.3 is 5.11 Å². The van der Waals surface area contributed by atoms with Crippen molar-refractivity contribution in [3.05, 3.63) is 70.5 Å². The first-order chi connectivity index (χ1) is 9.52. The SMILES string of the molecule is CCC(O)(Cc1ccccc1)Cc1ccc(F)c(Cl)c1. The Hall–Kier alpha value is -1.38. The standard InChI is InChI=1S/C17H18ClFO/c1-2-17(20,11-13-6-4-3-5-7-13)12-14-8-9-16(19)15(18)10-14/h3-10,20H,2,11-12H2,1H3. The molecular formula is C17H18ClFO. The summed E-state index contributed by atoms with van der Waals surface area (Å²) in [5, 5.41) is 10.8. The summed E-state index contributed by atoms with van der Waals surface area (Å²) in [6.07, 6.45) is 1.65. The maximum Gasteiger partial charge on any atom is 0.141 e. The second kappa shape index (κ2) is 6.38. The highest BCUT2D eigenvalue weighted by Gasteiger charge is 2.25. The van der Waals surface area contributed by atoms with Gasteiger partial charge in [0.25, 0.3) is 0 Å². The molecule has 0 aliphatic rings. The van der Waals surface area contributed by atoms with Crippen molar-refractivity contribution < 1.29 is 9.50 Å². The van der Waals surface area contributed by atoms with Gasteiger partial charge in [-0.25, -0.2) is 4.39 Å². The summed E-state index contributed by atoms with van der Waals surface area (Å²) in [6.45, 7) is 1.95. The predicted molar refractivity (Wildman–Crippen MR) is 80.5 cm³/mol. The van der Waals surface area contributed by atoms with E-state index in [-0.39, 0.29) is 5.02 Å². The Morgan fingerprint density at radius 3 is 2.30 bits per heavy atom. The van der Waals surface area contributed by atoms with E-state index in [0.29, 0.717) is 19.3 Å². The van der Waals surface area contributed by atoms with Crippen molar-refractivity contribution in [3.8, 4) is 0 Å². The average Bonchev–Trinajstić information content (AvgIpc) is 2.44. The first kappa shape index (κ1) is 15.0. The van der Waals surface area contributed by atoms with Gasteiger partial charge in [-0.05, 0) is 29.7 Å². The molecule has 0 aromatic heterocycles. The summed E-state index contributed by atoms with van der Waals surface area (Å²) in [4.78, 5) is 0. The van der Waals surface area contributed by atoms with Gasteiger partial charge in [0.2, 0.25) is 0 Å². The van der Waals surface area contributed by atoms with Crippen molar-refractivity contribution in [1.29, 1.82) is 0 Å². The van der Waals surface area contributed by atoms with E-state index in [1.54, 1.807) is 12.1 Å². The molecule has 0 spiro atoms. The zero-order chi connectivity index (χ0) is 14.6. The summed E-state index contributed by atoms with van der Waals surface area (Å²) in [6, 6.07) is 14.5. The minimum absolute atomic E-state index is 0.0978. The van der Waals surface area contributed by atoms with Gasteiger partial charge in [0.15, 0.2) is 0 Å². The third kappa shape index (κ3) is 3.81. The van der Waals surface area contributed by atoms with E-state index in [0.717, 1.165) is 11.1 Å². The molecule has 0 amide bonds. The lowest BCUT2D eigenvalue weighted by Crippen LogP contribution is -2.33. The van der Waals surface area contributed by atoms with Crippen LogP contribution in [0, 0.1) is 5.82 Å². The van der Waals surface area contributed by atoms with Crippen molar-refractivity contribution in [2.45, 2.75) is 31.8 Å². The largest absolute Gasteiger partial charge is 0.389 e. The Kier molecular flexibility index (Phi) is 4.79. The summed E-state index contributed by atoms with van der Waals surface area (Å²) in [5.74, 6) is -0.432. The zero-order valence-electron chi connectivity index (χ0n) is 11.4. The van der Waals surface area contributed by atoms with Crippen LogP contribution in [-0.4, -0.2) is 10.7 Å². The fourth-order valence-corrected chi connectivity index (χ4v) is 2.52. The van der Waals surface area contributed by atoms with Gasteiger partial charge in [0.1, 0.15) is 5.82 Å². The normalized spacial score (nSPS) is 14.0. The van der Waals surface area contributed by atoms with Crippen molar-refractivity contribution in [1.82, 2.24) is 0 Å². The van der Waals surface area contributed by atoms with E-state index < -0.39 is 11.4 Å². The number of hydrogen-bond donors (Lipinski definition) is 1. The van der Waals surface area contributed by atoms with Crippen LogP contribution < -0.4 is 0 Å². The lowest BCUT2D eigenvalue weighted by atomic mass is 9.86. The van der Waals surface area contributed by atoms with Gasteiger partial charge in [-0.2, -0.15) is 0 Å². The van der Waals surface area contributed by atoms with Crippen LogP contribution in [0.15, 0.2) is 48.5 Å². The first-order valence-electron chi connectivity index (χ1n) is 6.73. The van der Waals surface area contributed by atoms with Gasteiger partial charge in [-0.3, -0.25) is 0 Å². The molecule has 1 N–H and O–H groups in total. The number of aliphatic hydroxyl groups is 1. The maximum atomic E-state index is 13.2. The quantitative estimate of drug-likeness (QED) is 0.866. The molecule has 20 heavy (non-hydrogen) atoms. The molecule has 1 unspecified atom stereocenters. The predicted octanol–water partition coefficient (Wildman–Crippen LogP) is 4.41. The minimum Gasteiger partial charge on any atom is -0.389 e. The summed E-state index contributed by atoms with van der Waals surface area (Å²) < 4.78 is 13.2. The van der Waals surface area contributed by atoms with E-state index in [1.165, 1.54) is 6.07 Å². The van der Waals surface area contributed by atoms with Crippen LogP contribution in [0.1, 0.15) is 24.5 Å². The molecule has 2 aromatic carbocycles. The smallest absolute Gasteiger partial charge is 0.141 e. The summed E-state index contributed by atoms with van der Waals surface area (Å²) >= 11 is 5.79. The van der Waals surface area contributed by atoms with E-state index in [1.807, 2.05) is 37.3 Å². The number of hydrogen-bond acceptors (Lipinski definition) is 1. The Morgan fingerprint density at radius 1 is 1.05 bits per heavy atom. The molecular weight excluding hydrogens is 275 g/mol. The maximum absolute atomic E-state index is 13.2. The van der Waals surface area contributed by atoms with Gasteiger partial charge >= 0.3 is 0 Å². The first-order valence-corrected chi connectivity index (χ1v) is 7.10. The lowest BCUT2D eigenvalue weighted by Gasteiger charge is -2.27. The Balaban J connectivity index is 2.16. The minimum atomic E-state index is -0.845. The fourth-order valence-electron chi connectivity index (χ4n) is 2.32. The molecule has 0 aliphatic carbocycles. The molecule has 0 saturated carbocycles. The van der Waals surface area contributed by atoms with Crippen LogP contribution in [0.4, 0.5) is 4.39 Å². The molecule has 0 aliphatic heterocycles. The Labute approximate surface area is 124 Å². The van der Waals surface area contributed by atoms with E-state index in [9.17, 15) is 9.50 Å². The highest BCUT2D eigenvalue weighted by Crippen LogP contribution is 2.25.